The van der Waals surface area contributed by atoms with Gasteiger partial charge in [-0.2, -0.15) is 0 Å². The van der Waals surface area contributed by atoms with E-state index >= 15 is 0 Å². The van der Waals surface area contributed by atoms with E-state index in [1.165, 1.54) is 63.4 Å². The fraction of sp³-hybridized carbons (Fsp3) is 0.630. The summed E-state index contributed by atoms with van der Waals surface area (Å²) < 4.78 is 11.7. The molecule has 0 aliphatic carbocycles. The number of aryl methyl sites for hydroxylation is 1. The minimum atomic E-state index is 0.101. The first-order valence-electron chi connectivity index (χ1n) is 12.4. The van der Waals surface area contributed by atoms with E-state index in [0.29, 0.717) is 6.61 Å². The highest BCUT2D eigenvalue weighted by molar-refractivity contribution is 5.55. The molecule has 2 rings (SSSR count). The van der Waals surface area contributed by atoms with Gasteiger partial charge < -0.3 is 9.47 Å². The minimum Gasteiger partial charge on any atom is -0.491 e. The van der Waals surface area contributed by atoms with Crippen LogP contribution in [0.1, 0.15) is 90.5 Å². The SMILES string of the molecule is CCCCCCCCc1cnc(-c2ccc(OCC(C)OCCCCCC)cc2)nc1. The largest absolute Gasteiger partial charge is 0.491 e. The van der Waals surface area contributed by atoms with Gasteiger partial charge in [-0.3, -0.25) is 0 Å². The van der Waals surface area contributed by atoms with Crippen LogP contribution in [0.15, 0.2) is 36.7 Å². The van der Waals surface area contributed by atoms with Crippen LogP contribution in [0, 0.1) is 0 Å². The summed E-state index contributed by atoms with van der Waals surface area (Å²) in [7, 11) is 0. The molecule has 0 radical (unpaired) electrons. The summed E-state index contributed by atoms with van der Waals surface area (Å²) in [5.41, 5.74) is 2.24. The number of hydrogen-bond donors (Lipinski definition) is 0. The Morgan fingerprint density at radius 2 is 1.39 bits per heavy atom. The van der Waals surface area contributed by atoms with Crippen LogP contribution >= 0.6 is 0 Å². The Balaban J connectivity index is 1.69. The van der Waals surface area contributed by atoms with Gasteiger partial charge in [-0.15, -0.1) is 0 Å². The summed E-state index contributed by atoms with van der Waals surface area (Å²) in [6, 6.07) is 8.01. The summed E-state index contributed by atoms with van der Waals surface area (Å²) >= 11 is 0. The topological polar surface area (TPSA) is 44.2 Å². The molecule has 1 unspecified atom stereocenters. The Morgan fingerprint density at radius 1 is 0.774 bits per heavy atom. The molecule has 0 amide bonds. The van der Waals surface area contributed by atoms with Crippen molar-refractivity contribution in [3.63, 3.8) is 0 Å². The first-order valence-corrected chi connectivity index (χ1v) is 12.4. The maximum Gasteiger partial charge on any atom is 0.159 e. The molecular weight excluding hydrogens is 384 g/mol. The van der Waals surface area contributed by atoms with Crippen molar-refractivity contribution < 1.29 is 9.47 Å². The van der Waals surface area contributed by atoms with Crippen LogP contribution in [-0.2, 0) is 11.2 Å². The fourth-order valence-electron chi connectivity index (χ4n) is 3.52. The number of unbranched alkanes of at least 4 members (excludes halogenated alkanes) is 8. The van der Waals surface area contributed by atoms with Gasteiger partial charge in [0.15, 0.2) is 5.82 Å². The molecule has 0 saturated carbocycles. The molecule has 1 heterocycles. The second kappa shape index (κ2) is 15.8. The van der Waals surface area contributed by atoms with E-state index in [2.05, 4.69) is 30.7 Å². The van der Waals surface area contributed by atoms with E-state index in [9.17, 15) is 0 Å². The monoisotopic (exact) mass is 426 g/mol. The molecule has 0 aliphatic heterocycles. The van der Waals surface area contributed by atoms with Gasteiger partial charge in [0, 0.05) is 24.6 Å². The highest BCUT2D eigenvalue weighted by Crippen LogP contribution is 2.20. The molecule has 4 nitrogen and oxygen atoms in total. The lowest BCUT2D eigenvalue weighted by molar-refractivity contribution is 0.0303. The molecule has 4 heteroatoms. The molecule has 1 aromatic carbocycles. The lowest BCUT2D eigenvalue weighted by Crippen LogP contribution is -2.18. The van der Waals surface area contributed by atoms with Gasteiger partial charge in [-0.25, -0.2) is 9.97 Å². The summed E-state index contributed by atoms with van der Waals surface area (Å²) in [5.74, 6) is 1.62. The number of hydrogen-bond acceptors (Lipinski definition) is 4. The average molecular weight is 427 g/mol. The maximum atomic E-state index is 5.87. The maximum absolute atomic E-state index is 5.87. The molecule has 0 N–H and O–H groups in total. The Bertz CT molecular complexity index is 685. The molecule has 0 spiro atoms. The van der Waals surface area contributed by atoms with Crippen LogP contribution < -0.4 is 4.74 Å². The molecule has 0 bridgehead atoms. The first kappa shape index (κ1) is 25.3. The van der Waals surface area contributed by atoms with Crippen molar-refractivity contribution in [2.24, 2.45) is 0 Å². The predicted molar refractivity (Wildman–Crippen MR) is 130 cm³/mol. The van der Waals surface area contributed by atoms with E-state index in [4.69, 9.17) is 9.47 Å². The molecular formula is C27H42N2O2. The van der Waals surface area contributed by atoms with E-state index in [1.807, 2.05) is 36.7 Å². The summed E-state index contributed by atoms with van der Waals surface area (Å²) in [6.45, 7) is 7.93. The molecule has 0 aliphatic rings. The van der Waals surface area contributed by atoms with E-state index in [-0.39, 0.29) is 6.10 Å². The van der Waals surface area contributed by atoms with Crippen LogP contribution in [-0.4, -0.2) is 29.3 Å². The van der Waals surface area contributed by atoms with Crippen LogP contribution in [0.5, 0.6) is 5.75 Å². The molecule has 172 valence electrons. The van der Waals surface area contributed by atoms with Crippen LogP contribution in [0.3, 0.4) is 0 Å². The van der Waals surface area contributed by atoms with Crippen molar-refractivity contribution in [2.75, 3.05) is 13.2 Å². The average Bonchev–Trinajstić information content (AvgIpc) is 2.80. The number of aromatic nitrogens is 2. The second-order valence-corrected chi connectivity index (χ2v) is 8.51. The Labute approximate surface area is 189 Å². The van der Waals surface area contributed by atoms with Gasteiger partial charge in [-0.1, -0.05) is 65.2 Å². The molecule has 0 fully saturated rings. The third kappa shape index (κ3) is 10.8. The highest BCUT2D eigenvalue weighted by Gasteiger charge is 2.06. The van der Waals surface area contributed by atoms with Gasteiger partial charge in [0.25, 0.3) is 0 Å². The second-order valence-electron chi connectivity index (χ2n) is 8.51. The van der Waals surface area contributed by atoms with Gasteiger partial charge in [0.1, 0.15) is 12.4 Å². The zero-order chi connectivity index (χ0) is 22.2. The van der Waals surface area contributed by atoms with E-state index in [0.717, 1.165) is 36.6 Å². The zero-order valence-electron chi connectivity index (χ0n) is 19.9. The van der Waals surface area contributed by atoms with Gasteiger partial charge in [0.05, 0.1) is 6.10 Å². The minimum absolute atomic E-state index is 0.101. The number of benzene rings is 1. The highest BCUT2D eigenvalue weighted by atomic mass is 16.5. The lowest BCUT2D eigenvalue weighted by atomic mass is 10.1. The van der Waals surface area contributed by atoms with Crippen LogP contribution in [0.2, 0.25) is 0 Å². The van der Waals surface area contributed by atoms with Gasteiger partial charge >= 0.3 is 0 Å². The van der Waals surface area contributed by atoms with E-state index in [1.54, 1.807) is 0 Å². The molecule has 31 heavy (non-hydrogen) atoms. The van der Waals surface area contributed by atoms with Crippen LogP contribution in [0.4, 0.5) is 0 Å². The molecule has 1 atom stereocenters. The Hall–Kier alpha value is -1.94. The first-order chi connectivity index (χ1) is 15.2. The third-order valence-corrected chi connectivity index (χ3v) is 5.52. The van der Waals surface area contributed by atoms with Crippen molar-refractivity contribution in [3.05, 3.63) is 42.2 Å². The van der Waals surface area contributed by atoms with Gasteiger partial charge in [0.2, 0.25) is 0 Å². The fourth-order valence-corrected chi connectivity index (χ4v) is 3.52. The normalized spacial score (nSPS) is 12.1. The summed E-state index contributed by atoms with van der Waals surface area (Å²) in [4.78, 5) is 9.13. The molecule has 2 aromatic rings. The smallest absolute Gasteiger partial charge is 0.159 e. The molecule has 1 aromatic heterocycles. The number of rotatable bonds is 17. The van der Waals surface area contributed by atoms with Crippen LogP contribution in [0.25, 0.3) is 11.4 Å². The predicted octanol–water partition coefficient (Wildman–Crippen LogP) is 7.41. The zero-order valence-corrected chi connectivity index (χ0v) is 19.9. The Morgan fingerprint density at radius 3 is 2.06 bits per heavy atom. The number of ether oxygens (including phenoxy) is 2. The van der Waals surface area contributed by atoms with Crippen molar-refractivity contribution in [2.45, 2.75) is 97.5 Å². The Kier molecular flexibility index (Phi) is 12.9. The van der Waals surface area contributed by atoms with Crippen molar-refractivity contribution >= 4 is 0 Å². The van der Waals surface area contributed by atoms with Gasteiger partial charge in [-0.05, 0) is 56.0 Å². The third-order valence-electron chi connectivity index (χ3n) is 5.52. The summed E-state index contributed by atoms with van der Waals surface area (Å²) in [6.07, 6.45) is 17.9. The standard InChI is InChI=1S/C27H42N2O2/c1-4-6-8-10-11-12-14-24-20-28-27(29-21-24)25-15-17-26(18-16-25)31-22-23(3)30-19-13-9-7-5-2/h15-18,20-21,23H,4-14,19,22H2,1-3H3. The lowest BCUT2D eigenvalue weighted by Gasteiger charge is -2.14. The van der Waals surface area contributed by atoms with Crippen molar-refractivity contribution in [1.82, 2.24) is 9.97 Å². The van der Waals surface area contributed by atoms with Crippen molar-refractivity contribution in [1.29, 1.82) is 0 Å². The number of nitrogens with zero attached hydrogens (tertiary/aromatic N) is 2. The molecule has 0 saturated heterocycles. The van der Waals surface area contributed by atoms with Crippen molar-refractivity contribution in [3.8, 4) is 17.1 Å². The quantitative estimate of drug-likeness (QED) is 0.247. The summed E-state index contributed by atoms with van der Waals surface area (Å²) in [5, 5.41) is 0. The van der Waals surface area contributed by atoms with E-state index < -0.39 is 0 Å².